The molecule has 2 aromatic rings. The number of nitrogens with one attached hydrogen (secondary N) is 3. The van der Waals surface area contributed by atoms with Crippen LogP contribution in [0.25, 0.3) is 0 Å². The van der Waals surface area contributed by atoms with Gasteiger partial charge in [0, 0.05) is 13.0 Å². The molecule has 2 aromatic carbocycles. The number of benzene rings is 2. The molecule has 2 amide bonds. The van der Waals surface area contributed by atoms with Crippen molar-refractivity contribution in [1.82, 2.24) is 5.32 Å². The molecule has 7 heteroatoms. The maximum absolute atomic E-state index is 14.1. The first-order chi connectivity index (χ1) is 13.3. The summed E-state index contributed by atoms with van der Waals surface area (Å²) in [5.41, 5.74) is 0.607. The van der Waals surface area contributed by atoms with E-state index in [0.29, 0.717) is 13.0 Å². The average Bonchev–Trinajstić information content (AvgIpc) is 3.09. The van der Waals surface area contributed by atoms with Crippen LogP contribution in [0.4, 0.5) is 20.2 Å². The molecule has 1 aliphatic heterocycles. The second-order valence-electron chi connectivity index (χ2n) is 7.35. The fourth-order valence-electron chi connectivity index (χ4n) is 3.37. The molecule has 1 aliphatic rings. The molecule has 0 aromatic heterocycles. The Labute approximate surface area is 162 Å². The van der Waals surface area contributed by atoms with E-state index in [1.54, 1.807) is 26.0 Å². The minimum Gasteiger partial charge on any atom is -0.324 e. The first-order valence-electron chi connectivity index (χ1n) is 9.13. The van der Waals surface area contributed by atoms with E-state index in [-0.39, 0.29) is 24.3 Å². The molecule has 1 atom stereocenters. The zero-order valence-corrected chi connectivity index (χ0v) is 15.9. The topological polar surface area (TPSA) is 70.2 Å². The van der Waals surface area contributed by atoms with Crippen LogP contribution in [0.15, 0.2) is 36.4 Å². The Balaban J connectivity index is 1.74. The van der Waals surface area contributed by atoms with Crippen molar-refractivity contribution in [2.24, 2.45) is 5.41 Å². The first-order valence-corrected chi connectivity index (χ1v) is 9.13. The maximum atomic E-state index is 14.1. The number of amides is 2. The Kier molecular flexibility index (Phi) is 5.74. The van der Waals surface area contributed by atoms with Gasteiger partial charge in [-0.1, -0.05) is 12.1 Å². The van der Waals surface area contributed by atoms with Crippen LogP contribution in [0.3, 0.4) is 0 Å². The normalized spacial score (nSPS) is 18.7. The van der Waals surface area contributed by atoms with E-state index in [1.165, 1.54) is 24.3 Å². The SMILES string of the molecule is Cc1ccc(NC(=O)CC2(C(=O)Nc3ccc(C)cc3F)CCNC2)c(F)c1. The van der Waals surface area contributed by atoms with Gasteiger partial charge in [-0.3, -0.25) is 9.59 Å². The lowest BCUT2D eigenvalue weighted by Gasteiger charge is -2.26. The van der Waals surface area contributed by atoms with E-state index in [9.17, 15) is 18.4 Å². The van der Waals surface area contributed by atoms with Crippen LogP contribution < -0.4 is 16.0 Å². The molecule has 1 unspecified atom stereocenters. The average molecular weight is 387 g/mol. The predicted molar refractivity (Wildman–Crippen MR) is 104 cm³/mol. The van der Waals surface area contributed by atoms with Gasteiger partial charge in [0.25, 0.3) is 0 Å². The van der Waals surface area contributed by atoms with Crippen LogP contribution in [0.1, 0.15) is 24.0 Å². The van der Waals surface area contributed by atoms with Gasteiger partial charge in [0.05, 0.1) is 16.8 Å². The van der Waals surface area contributed by atoms with Gasteiger partial charge in [-0.15, -0.1) is 0 Å². The summed E-state index contributed by atoms with van der Waals surface area (Å²) < 4.78 is 28.1. The quantitative estimate of drug-likeness (QED) is 0.735. The van der Waals surface area contributed by atoms with Gasteiger partial charge in [0.15, 0.2) is 0 Å². The second kappa shape index (κ2) is 8.06. The lowest BCUT2D eigenvalue weighted by molar-refractivity contribution is -0.129. The minimum atomic E-state index is -1.03. The Hall–Kier alpha value is -2.80. The lowest BCUT2D eigenvalue weighted by atomic mass is 9.82. The Morgan fingerprint density at radius 3 is 2.07 bits per heavy atom. The summed E-state index contributed by atoms with van der Waals surface area (Å²) in [7, 11) is 0. The van der Waals surface area contributed by atoms with E-state index in [1.807, 2.05) is 0 Å². The molecular weight excluding hydrogens is 364 g/mol. The largest absolute Gasteiger partial charge is 0.324 e. The van der Waals surface area contributed by atoms with Crippen molar-refractivity contribution in [2.45, 2.75) is 26.7 Å². The van der Waals surface area contributed by atoms with E-state index in [4.69, 9.17) is 0 Å². The smallest absolute Gasteiger partial charge is 0.232 e. The molecule has 1 fully saturated rings. The molecule has 148 valence electrons. The van der Waals surface area contributed by atoms with E-state index >= 15 is 0 Å². The molecule has 0 saturated carbocycles. The molecular formula is C21H23F2N3O2. The summed E-state index contributed by atoms with van der Waals surface area (Å²) in [6, 6.07) is 9.05. The van der Waals surface area contributed by atoms with Gasteiger partial charge in [-0.2, -0.15) is 0 Å². The monoisotopic (exact) mass is 387 g/mol. The number of carbonyl (C=O) groups is 2. The van der Waals surface area contributed by atoms with Crippen LogP contribution in [-0.4, -0.2) is 24.9 Å². The van der Waals surface area contributed by atoms with Crippen molar-refractivity contribution in [3.8, 4) is 0 Å². The molecule has 1 heterocycles. The van der Waals surface area contributed by atoms with Gasteiger partial charge in [0.1, 0.15) is 11.6 Å². The van der Waals surface area contributed by atoms with Gasteiger partial charge in [-0.05, 0) is 62.2 Å². The molecule has 1 saturated heterocycles. The summed E-state index contributed by atoms with van der Waals surface area (Å²) in [6.07, 6.45) is 0.294. The number of hydrogen-bond donors (Lipinski definition) is 3. The van der Waals surface area contributed by atoms with Crippen molar-refractivity contribution in [1.29, 1.82) is 0 Å². The molecule has 5 nitrogen and oxygen atoms in total. The second-order valence-corrected chi connectivity index (χ2v) is 7.35. The fraction of sp³-hybridized carbons (Fsp3) is 0.333. The minimum absolute atomic E-state index is 0.0710. The molecule has 0 spiro atoms. The number of rotatable bonds is 5. The highest BCUT2D eigenvalue weighted by molar-refractivity contribution is 6.01. The maximum Gasteiger partial charge on any atom is 0.232 e. The Bertz CT molecular complexity index is 909. The number of carbonyl (C=O) groups excluding carboxylic acids is 2. The van der Waals surface area contributed by atoms with Crippen molar-refractivity contribution in [3.05, 3.63) is 59.2 Å². The summed E-state index contributed by atoms with van der Waals surface area (Å²) in [5, 5.41) is 8.21. The van der Waals surface area contributed by atoms with Gasteiger partial charge in [-0.25, -0.2) is 8.78 Å². The molecule has 0 bridgehead atoms. The first kappa shape index (κ1) is 19.9. The third-order valence-corrected chi connectivity index (χ3v) is 5.00. The zero-order chi connectivity index (χ0) is 20.3. The highest BCUT2D eigenvalue weighted by Gasteiger charge is 2.43. The van der Waals surface area contributed by atoms with Crippen LogP contribution >= 0.6 is 0 Å². The van der Waals surface area contributed by atoms with Crippen molar-refractivity contribution in [3.63, 3.8) is 0 Å². The summed E-state index contributed by atoms with van der Waals surface area (Å²) >= 11 is 0. The number of hydrogen-bond acceptors (Lipinski definition) is 3. The predicted octanol–water partition coefficient (Wildman–Crippen LogP) is 3.53. The zero-order valence-electron chi connectivity index (χ0n) is 15.9. The Morgan fingerprint density at radius 1 is 1.00 bits per heavy atom. The standard InChI is InChI=1S/C21H23F2N3O2/c1-13-3-5-17(15(22)9-13)25-19(27)11-21(7-8-24-12-21)20(28)26-18-6-4-14(2)10-16(18)23/h3-6,9-10,24H,7-8,11-12H2,1-2H3,(H,25,27)(H,26,28). The molecule has 0 radical (unpaired) electrons. The van der Waals surface area contributed by atoms with Crippen LogP contribution in [0, 0.1) is 30.9 Å². The lowest BCUT2D eigenvalue weighted by Crippen LogP contribution is -2.41. The summed E-state index contributed by atoms with van der Waals surface area (Å²) in [4.78, 5) is 25.4. The van der Waals surface area contributed by atoms with Crippen LogP contribution in [0.5, 0.6) is 0 Å². The molecule has 3 N–H and O–H groups in total. The van der Waals surface area contributed by atoms with Gasteiger partial charge < -0.3 is 16.0 Å². The number of aryl methyl sites for hydroxylation is 2. The van der Waals surface area contributed by atoms with Crippen molar-refractivity contribution in [2.75, 3.05) is 23.7 Å². The van der Waals surface area contributed by atoms with Crippen LogP contribution in [-0.2, 0) is 9.59 Å². The highest BCUT2D eigenvalue weighted by atomic mass is 19.1. The van der Waals surface area contributed by atoms with Crippen molar-refractivity contribution >= 4 is 23.2 Å². The van der Waals surface area contributed by atoms with Gasteiger partial charge in [0.2, 0.25) is 11.8 Å². The number of halogens is 2. The molecule has 0 aliphatic carbocycles. The van der Waals surface area contributed by atoms with Crippen LogP contribution in [0.2, 0.25) is 0 Å². The van der Waals surface area contributed by atoms with Gasteiger partial charge >= 0.3 is 0 Å². The third-order valence-electron chi connectivity index (χ3n) is 5.00. The number of anilines is 2. The third kappa shape index (κ3) is 4.36. The summed E-state index contributed by atoms with van der Waals surface area (Å²) in [5.74, 6) is -1.95. The molecule has 3 rings (SSSR count). The molecule has 28 heavy (non-hydrogen) atoms. The summed E-state index contributed by atoms with van der Waals surface area (Å²) in [6.45, 7) is 4.36. The van der Waals surface area contributed by atoms with Crippen molar-refractivity contribution < 1.29 is 18.4 Å². The van der Waals surface area contributed by atoms with E-state index in [0.717, 1.165) is 11.1 Å². The Morgan fingerprint density at radius 2 is 1.57 bits per heavy atom. The van der Waals surface area contributed by atoms with E-state index < -0.39 is 28.9 Å². The highest BCUT2D eigenvalue weighted by Crippen LogP contribution is 2.32. The fourth-order valence-corrected chi connectivity index (χ4v) is 3.37. The van der Waals surface area contributed by atoms with E-state index in [2.05, 4.69) is 16.0 Å².